The van der Waals surface area contributed by atoms with E-state index in [-0.39, 0.29) is 0 Å². The maximum atomic E-state index is 4.73. The van der Waals surface area contributed by atoms with Crippen molar-refractivity contribution in [2.75, 3.05) is 0 Å². The third-order valence-electron chi connectivity index (χ3n) is 4.32. The van der Waals surface area contributed by atoms with Crippen molar-refractivity contribution >= 4 is 21.8 Å². The molecule has 0 saturated heterocycles. The van der Waals surface area contributed by atoms with Crippen molar-refractivity contribution in [2.45, 2.75) is 20.8 Å². The predicted molar refractivity (Wildman–Crippen MR) is 90.6 cm³/mol. The van der Waals surface area contributed by atoms with Crippen molar-refractivity contribution in [3.8, 4) is 5.69 Å². The van der Waals surface area contributed by atoms with Gasteiger partial charge in [-0.15, -0.1) is 10.2 Å². The molecule has 0 bridgehead atoms. The maximum Gasteiger partial charge on any atom is 0.121 e. The summed E-state index contributed by atoms with van der Waals surface area (Å²) < 4.78 is 0. The van der Waals surface area contributed by atoms with Crippen LogP contribution in [0.25, 0.3) is 27.5 Å². The third kappa shape index (κ3) is 1.90. The van der Waals surface area contributed by atoms with Crippen LogP contribution in [0.5, 0.6) is 0 Å². The van der Waals surface area contributed by atoms with E-state index in [1.54, 1.807) is 4.80 Å². The summed E-state index contributed by atoms with van der Waals surface area (Å²) in [5.74, 6) is 0. The van der Waals surface area contributed by atoms with Gasteiger partial charge in [-0.25, -0.2) is 0 Å². The summed E-state index contributed by atoms with van der Waals surface area (Å²) in [7, 11) is 0. The van der Waals surface area contributed by atoms with Crippen LogP contribution in [-0.2, 0) is 0 Å². The van der Waals surface area contributed by atoms with Gasteiger partial charge >= 0.3 is 0 Å². The Balaban J connectivity index is 2.01. The van der Waals surface area contributed by atoms with E-state index in [0.29, 0.717) is 0 Å². The molecule has 0 N–H and O–H groups in total. The normalized spacial score (nSPS) is 11.4. The molecule has 0 spiro atoms. The Labute approximate surface area is 129 Å². The molecule has 3 heteroatoms. The molecular weight excluding hydrogens is 270 g/mol. The minimum Gasteiger partial charge on any atom is -0.150 e. The van der Waals surface area contributed by atoms with Crippen LogP contribution in [0, 0.1) is 20.8 Å². The van der Waals surface area contributed by atoms with Crippen molar-refractivity contribution in [1.29, 1.82) is 0 Å². The summed E-state index contributed by atoms with van der Waals surface area (Å²) in [6, 6.07) is 16.8. The SMILES string of the molecule is Cc1ccc(-n2nc3cc(C)c4ccccc4c3n2)cc1C. The standard InChI is InChI=1S/C19H17N3/c1-12-8-9-15(10-13(12)2)22-20-18-11-14(3)16-6-4-5-7-17(16)19(18)21-22/h4-11H,1-3H3. The first-order valence-electron chi connectivity index (χ1n) is 7.46. The second-order valence-corrected chi connectivity index (χ2v) is 5.86. The van der Waals surface area contributed by atoms with E-state index < -0.39 is 0 Å². The van der Waals surface area contributed by atoms with Crippen LogP contribution in [0.3, 0.4) is 0 Å². The van der Waals surface area contributed by atoms with Gasteiger partial charge in [-0.05, 0) is 61.0 Å². The van der Waals surface area contributed by atoms with E-state index in [9.17, 15) is 0 Å². The largest absolute Gasteiger partial charge is 0.150 e. The van der Waals surface area contributed by atoms with E-state index in [2.05, 4.69) is 74.4 Å². The first kappa shape index (κ1) is 13.0. The molecule has 0 aliphatic rings. The zero-order valence-corrected chi connectivity index (χ0v) is 13.0. The van der Waals surface area contributed by atoms with E-state index in [1.807, 2.05) is 0 Å². The van der Waals surface area contributed by atoms with Crippen LogP contribution >= 0.6 is 0 Å². The third-order valence-corrected chi connectivity index (χ3v) is 4.32. The summed E-state index contributed by atoms with van der Waals surface area (Å²) in [6.07, 6.45) is 0. The van der Waals surface area contributed by atoms with E-state index in [0.717, 1.165) is 22.1 Å². The number of aromatic nitrogens is 3. The van der Waals surface area contributed by atoms with Gasteiger partial charge in [0.15, 0.2) is 0 Å². The van der Waals surface area contributed by atoms with E-state index >= 15 is 0 Å². The number of benzene rings is 3. The van der Waals surface area contributed by atoms with Crippen LogP contribution in [0.1, 0.15) is 16.7 Å². The quantitative estimate of drug-likeness (QED) is 0.516. The Morgan fingerprint density at radius 2 is 1.50 bits per heavy atom. The lowest BCUT2D eigenvalue weighted by Crippen LogP contribution is -1.99. The number of rotatable bonds is 1. The Bertz CT molecular complexity index is 1010. The summed E-state index contributed by atoms with van der Waals surface area (Å²) in [4.78, 5) is 1.74. The molecule has 3 aromatic carbocycles. The Morgan fingerprint density at radius 1 is 0.727 bits per heavy atom. The molecule has 3 nitrogen and oxygen atoms in total. The molecule has 1 heterocycles. The second-order valence-electron chi connectivity index (χ2n) is 5.86. The van der Waals surface area contributed by atoms with Crippen molar-refractivity contribution in [3.63, 3.8) is 0 Å². The highest BCUT2D eigenvalue weighted by atomic mass is 15.5. The molecular formula is C19H17N3. The fourth-order valence-electron chi connectivity index (χ4n) is 2.89. The zero-order chi connectivity index (χ0) is 15.3. The predicted octanol–water partition coefficient (Wildman–Crippen LogP) is 4.50. The Morgan fingerprint density at radius 3 is 2.27 bits per heavy atom. The van der Waals surface area contributed by atoms with Crippen molar-refractivity contribution in [1.82, 2.24) is 15.0 Å². The van der Waals surface area contributed by atoms with Crippen LogP contribution in [0.2, 0.25) is 0 Å². The van der Waals surface area contributed by atoms with Gasteiger partial charge < -0.3 is 0 Å². The van der Waals surface area contributed by atoms with Crippen LogP contribution in [0.15, 0.2) is 48.5 Å². The molecule has 0 aliphatic carbocycles. The molecule has 1 aromatic heterocycles. The summed E-state index contributed by atoms with van der Waals surface area (Å²) in [5.41, 5.74) is 6.66. The molecule has 0 unspecified atom stereocenters. The van der Waals surface area contributed by atoms with Gasteiger partial charge in [0.25, 0.3) is 0 Å². The number of fused-ring (bicyclic) bond motifs is 3. The number of nitrogens with zero attached hydrogens (tertiary/aromatic N) is 3. The van der Waals surface area contributed by atoms with Gasteiger partial charge in [0.2, 0.25) is 0 Å². The molecule has 4 rings (SSSR count). The summed E-state index contributed by atoms with van der Waals surface area (Å²) in [6.45, 7) is 6.35. The summed E-state index contributed by atoms with van der Waals surface area (Å²) >= 11 is 0. The highest BCUT2D eigenvalue weighted by Crippen LogP contribution is 2.26. The van der Waals surface area contributed by atoms with Gasteiger partial charge in [0, 0.05) is 5.39 Å². The van der Waals surface area contributed by atoms with Crippen molar-refractivity contribution in [2.24, 2.45) is 0 Å². The average Bonchev–Trinajstić information content (AvgIpc) is 2.94. The van der Waals surface area contributed by atoms with Gasteiger partial charge in [-0.3, -0.25) is 0 Å². The highest BCUT2D eigenvalue weighted by molar-refractivity contribution is 6.05. The lowest BCUT2D eigenvalue weighted by molar-refractivity contribution is 0.765. The molecule has 0 aliphatic heterocycles. The Hall–Kier alpha value is -2.68. The van der Waals surface area contributed by atoms with E-state index in [1.165, 1.54) is 22.1 Å². The minimum atomic E-state index is 0.939. The highest BCUT2D eigenvalue weighted by Gasteiger charge is 2.10. The fourth-order valence-corrected chi connectivity index (χ4v) is 2.89. The van der Waals surface area contributed by atoms with Crippen LogP contribution in [0.4, 0.5) is 0 Å². The smallest absolute Gasteiger partial charge is 0.121 e. The minimum absolute atomic E-state index is 0.939. The van der Waals surface area contributed by atoms with Gasteiger partial charge in [0.1, 0.15) is 11.0 Å². The molecule has 108 valence electrons. The molecule has 0 atom stereocenters. The van der Waals surface area contributed by atoms with Crippen molar-refractivity contribution < 1.29 is 0 Å². The lowest BCUT2D eigenvalue weighted by Gasteiger charge is -2.03. The molecule has 0 radical (unpaired) electrons. The monoisotopic (exact) mass is 287 g/mol. The molecule has 22 heavy (non-hydrogen) atoms. The van der Waals surface area contributed by atoms with E-state index in [4.69, 9.17) is 5.10 Å². The van der Waals surface area contributed by atoms with Crippen LogP contribution in [-0.4, -0.2) is 15.0 Å². The molecule has 0 saturated carbocycles. The van der Waals surface area contributed by atoms with Gasteiger partial charge in [0.05, 0.1) is 5.69 Å². The first-order valence-corrected chi connectivity index (χ1v) is 7.46. The fraction of sp³-hybridized carbons (Fsp3) is 0.158. The Kier molecular flexibility index (Phi) is 2.76. The second kappa shape index (κ2) is 4.67. The number of hydrogen-bond acceptors (Lipinski definition) is 2. The topological polar surface area (TPSA) is 30.7 Å². The molecule has 0 fully saturated rings. The molecule has 0 amide bonds. The number of aryl methyl sites for hydroxylation is 3. The average molecular weight is 287 g/mol. The summed E-state index contributed by atoms with van der Waals surface area (Å²) in [5, 5.41) is 11.8. The molecule has 4 aromatic rings. The zero-order valence-electron chi connectivity index (χ0n) is 13.0. The van der Waals surface area contributed by atoms with Crippen LogP contribution < -0.4 is 0 Å². The van der Waals surface area contributed by atoms with Gasteiger partial charge in [-0.1, -0.05) is 30.3 Å². The van der Waals surface area contributed by atoms with Gasteiger partial charge in [-0.2, -0.15) is 4.80 Å². The maximum absolute atomic E-state index is 4.73. The van der Waals surface area contributed by atoms with Crippen molar-refractivity contribution in [3.05, 3.63) is 65.2 Å². The number of hydrogen-bond donors (Lipinski definition) is 0. The first-order chi connectivity index (χ1) is 10.6. The lowest BCUT2D eigenvalue weighted by atomic mass is 10.0.